The van der Waals surface area contributed by atoms with Crippen molar-refractivity contribution >= 4 is 17.9 Å². The molecule has 0 fully saturated rings. The molecule has 138 valence electrons. The average Bonchev–Trinajstić information content (AvgIpc) is 2.91. The van der Waals surface area contributed by atoms with Crippen LogP contribution in [0.5, 0.6) is 0 Å². The lowest BCUT2D eigenvalue weighted by Gasteiger charge is -2.07. The van der Waals surface area contributed by atoms with Crippen LogP contribution in [-0.2, 0) is 9.59 Å². The molecule has 2 rings (SSSR count). The zero-order chi connectivity index (χ0) is 19.1. The fourth-order valence-corrected chi connectivity index (χ4v) is 2.51. The number of nitrogens with one attached hydrogen (secondary N) is 2. The van der Waals surface area contributed by atoms with E-state index >= 15 is 0 Å². The first kappa shape index (κ1) is 19.4. The van der Waals surface area contributed by atoms with Crippen molar-refractivity contribution in [3.8, 4) is 5.69 Å². The maximum Gasteiger partial charge on any atom is 0.244 e. The van der Waals surface area contributed by atoms with Crippen LogP contribution >= 0.6 is 0 Å². The molecule has 6 heteroatoms. The smallest absolute Gasteiger partial charge is 0.244 e. The van der Waals surface area contributed by atoms with Gasteiger partial charge in [-0.15, -0.1) is 0 Å². The molecule has 1 aromatic carbocycles. The fourth-order valence-electron chi connectivity index (χ4n) is 2.51. The summed E-state index contributed by atoms with van der Waals surface area (Å²) in [5.41, 5.74) is 3.75. The van der Waals surface area contributed by atoms with E-state index in [-0.39, 0.29) is 17.7 Å². The van der Waals surface area contributed by atoms with Crippen molar-refractivity contribution in [2.45, 2.75) is 27.7 Å². The first-order chi connectivity index (χ1) is 12.4. The molecule has 0 unspecified atom stereocenters. The summed E-state index contributed by atoms with van der Waals surface area (Å²) in [5, 5.41) is 10.1. The van der Waals surface area contributed by atoms with Crippen LogP contribution in [0.2, 0.25) is 0 Å². The van der Waals surface area contributed by atoms with Crippen molar-refractivity contribution in [3.05, 3.63) is 53.4 Å². The highest BCUT2D eigenvalue weighted by molar-refractivity contribution is 5.92. The topological polar surface area (TPSA) is 76.0 Å². The average molecular weight is 354 g/mol. The number of benzene rings is 1. The SMILES string of the molecule is Cc1nn(-c2ccccc2)c(C)c1/C=C/C(=O)NCCNC(=O)C(C)C. The number of amides is 2. The molecule has 26 heavy (non-hydrogen) atoms. The molecule has 0 bridgehead atoms. The minimum atomic E-state index is -0.199. The van der Waals surface area contributed by atoms with E-state index in [1.54, 1.807) is 6.08 Å². The van der Waals surface area contributed by atoms with Gasteiger partial charge in [0, 0.05) is 36.3 Å². The monoisotopic (exact) mass is 354 g/mol. The van der Waals surface area contributed by atoms with Crippen LogP contribution in [0.1, 0.15) is 30.8 Å². The Morgan fingerprint density at radius 2 is 1.77 bits per heavy atom. The second-order valence-electron chi connectivity index (χ2n) is 6.40. The van der Waals surface area contributed by atoms with Crippen molar-refractivity contribution in [3.63, 3.8) is 0 Å². The lowest BCUT2D eigenvalue weighted by Crippen LogP contribution is -2.35. The molecule has 0 saturated carbocycles. The van der Waals surface area contributed by atoms with Crippen LogP contribution in [0.15, 0.2) is 36.4 Å². The highest BCUT2D eigenvalue weighted by Crippen LogP contribution is 2.18. The Hall–Kier alpha value is -2.89. The Labute approximate surface area is 154 Å². The summed E-state index contributed by atoms with van der Waals surface area (Å²) in [4.78, 5) is 23.4. The van der Waals surface area contributed by atoms with Crippen LogP contribution in [0.25, 0.3) is 11.8 Å². The highest BCUT2D eigenvalue weighted by Gasteiger charge is 2.10. The number of rotatable bonds is 7. The normalized spacial score (nSPS) is 11.1. The van der Waals surface area contributed by atoms with Crippen LogP contribution in [0, 0.1) is 19.8 Å². The largest absolute Gasteiger partial charge is 0.354 e. The van der Waals surface area contributed by atoms with Gasteiger partial charge in [-0.25, -0.2) is 4.68 Å². The summed E-state index contributed by atoms with van der Waals surface area (Å²) < 4.78 is 1.87. The van der Waals surface area contributed by atoms with Crippen molar-refractivity contribution in [2.24, 2.45) is 5.92 Å². The molecule has 0 aliphatic heterocycles. The zero-order valence-corrected chi connectivity index (χ0v) is 15.7. The minimum Gasteiger partial charge on any atom is -0.354 e. The predicted octanol–water partition coefficient (Wildman–Crippen LogP) is 2.39. The molecule has 2 N–H and O–H groups in total. The Balaban J connectivity index is 1.95. The maximum atomic E-state index is 12.0. The summed E-state index contributed by atoms with van der Waals surface area (Å²) in [6.07, 6.45) is 3.27. The zero-order valence-electron chi connectivity index (χ0n) is 15.7. The number of hydrogen-bond donors (Lipinski definition) is 2. The van der Waals surface area contributed by atoms with Gasteiger partial charge in [-0.2, -0.15) is 5.10 Å². The van der Waals surface area contributed by atoms with Crippen molar-refractivity contribution in [1.82, 2.24) is 20.4 Å². The third-order valence-electron chi connectivity index (χ3n) is 4.00. The van der Waals surface area contributed by atoms with Gasteiger partial charge in [-0.1, -0.05) is 32.0 Å². The van der Waals surface area contributed by atoms with Gasteiger partial charge >= 0.3 is 0 Å². The van der Waals surface area contributed by atoms with Crippen LogP contribution < -0.4 is 10.6 Å². The number of carbonyl (C=O) groups excluding carboxylic acids is 2. The van der Waals surface area contributed by atoms with E-state index in [4.69, 9.17) is 0 Å². The number of hydrogen-bond acceptors (Lipinski definition) is 3. The molecular weight excluding hydrogens is 328 g/mol. The summed E-state index contributed by atoms with van der Waals surface area (Å²) >= 11 is 0. The Kier molecular flexibility index (Phi) is 6.72. The lowest BCUT2D eigenvalue weighted by molar-refractivity contribution is -0.124. The molecule has 6 nitrogen and oxygen atoms in total. The van der Waals surface area contributed by atoms with Crippen molar-refractivity contribution in [2.75, 3.05) is 13.1 Å². The minimum absolute atomic E-state index is 0.0191. The van der Waals surface area contributed by atoms with Gasteiger partial charge in [0.15, 0.2) is 0 Å². The molecule has 0 spiro atoms. The van der Waals surface area contributed by atoms with Crippen LogP contribution in [-0.4, -0.2) is 34.7 Å². The summed E-state index contributed by atoms with van der Waals surface area (Å²) in [6, 6.07) is 9.87. The molecule has 0 atom stereocenters. The van der Waals surface area contributed by atoms with Gasteiger partial charge < -0.3 is 10.6 Å². The van der Waals surface area contributed by atoms with Gasteiger partial charge in [0.05, 0.1) is 11.4 Å². The second kappa shape index (κ2) is 8.99. The van der Waals surface area contributed by atoms with Crippen molar-refractivity contribution in [1.29, 1.82) is 0 Å². The Morgan fingerprint density at radius 1 is 1.12 bits per heavy atom. The third-order valence-corrected chi connectivity index (χ3v) is 4.00. The first-order valence-corrected chi connectivity index (χ1v) is 8.75. The number of carbonyl (C=O) groups is 2. The third kappa shape index (κ3) is 5.05. The molecule has 0 aliphatic rings. The molecular formula is C20H26N4O2. The Morgan fingerprint density at radius 3 is 2.42 bits per heavy atom. The van der Waals surface area contributed by atoms with E-state index in [9.17, 15) is 9.59 Å². The Bertz CT molecular complexity index is 792. The molecule has 0 saturated heterocycles. The first-order valence-electron chi connectivity index (χ1n) is 8.75. The summed E-state index contributed by atoms with van der Waals surface area (Å²) in [5.74, 6) is -0.276. The van der Waals surface area contributed by atoms with Gasteiger partial charge in [-0.05, 0) is 32.1 Å². The van der Waals surface area contributed by atoms with Gasteiger partial charge in [0.2, 0.25) is 11.8 Å². The molecule has 1 heterocycles. The molecule has 1 aromatic heterocycles. The number of nitrogens with zero attached hydrogens (tertiary/aromatic N) is 2. The fraction of sp³-hybridized carbons (Fsp3) is 0.350. The predicted molar refractivity (Wildman–Crippen MR) is 103 cm³/mol. The van der Waals surface area contributed by atoms with Gasteiger partial charge in [0.25, 0.3) is 0 Å². The van der Waals surface area contributed by atoms with E-state index < -0.39 is 0 Å². The van der Waals surface area contributed by atoms with E-state index in [1.807, 2.05) is 62.7 Å². The summed E-state index contributed by atoms with van der Waals surface area (Å²) in [7, 11) is 0. The number of para-hydroxylation sites is 1. The molecule has 0 radical (unpaired) electrons. The lowest BCUT2D eigenvalue weighted by atomic mass is 10.2. The molecule has 2 amide bonds. The van der Waals surface area contributed by atoms with Crippen LogP contribution in [0.4, 0.5) is 0 Å². The van der Waals surface area contributed by atoms with Gasteiger partial charge in [0.1, 0.15) is 0 Å². The second-order valence-corrected chi connectivity index (χ2v) is 6.40. The van der Waals surface area contributed by atoms with Crippen LogP contribution in [0.3, 0.4) is 0 Å². The molecule has 2 aromatic rings. The van der Waals surface area contributed by atoms with Gasteiger partial charge in [-0.3, -0.25) is 9.59 Å². The van der Waals surface area contributed by atoms with E-state index in [0.717, 1.165) is 22.6 Å². The summed E-state index contributed by atoms with van der Waals surface area (Å²) in [6.45, 7) is 8.37. The quantitative estimate of drug-likeness (QED) is 0.592. The van der Waals surface area contributed by atoms with Crippen molar-refractivity contribution < 1.29 is 9.59 Å². The van der Waals surface area contributed by atoms with E-state index in [0.29, 0.717) is 13.1 Å². The van der Waals surface area contributed by atoms with E-state index in [2.05, 4.69) is 15.7 Å². The maximum absolute atomic E-state index is 12.0. The standard InChI is InChI=1S/C20H26N4O2/c1-14(2)20(26)22-13-12-21-19(25)11-10-18-15(3)23-24(16(18)4)17-8-6-5-7-9-17/h5-11,14H,12-13H2,1-4H3,(H,21,25)(H,22,26)/b11-10+. The van der Waals surface area contributed by atoms with E-state index in [1.165, 1.54) is 6.08 Å². The highest BCUT2D eigenvalue weighted by atomic mass is 16.2. The number of aryl methyl sites for hydroxylation is 1. The molecule has 0 aliphatic carbocycles. The number of aromatic nitrogens is 2.